The van der Waals surface area contributed by atoms with Crippen molar-refractivity contribution in [3.05, 3.63) is 132 Å². The van der Waals surface area contributed by atoms with E-state index in [0.29, 0.717) is 6.54 Å². The van der Waals surface area contributed by atoms with Crippen molar-refractivity contribution in [2.45, 2.75) is 37.8 Å². The minimum atomic E-state index is -4.36. The molecule has 42 heavy (non-hydrogen) atoms. The first-order chi connectivity index (χ1) is 20.2. The Morgan fingerprint density at radius 2 is 1.38 bits per heavy atom. The zero-order chi connectivity index (χ0) is 30.1. The van der Waals surface area contributed by atoms with Gasteiger partial charge in [-0.05, 0) is 49.2 Å². The molecule has 9 heteroatoms. The molecule has 1 N–H and O–H groups in total. The van der Waals surface area contributed by atoms with E-state index in [1.54, 1.807) is 19.1 Å². The summed E-state index contributed by atoms with van der Waals surface area (Å²) in [5.74, 6) is -1.81. The summed E-state index contributed by atoms with van der Waals surface area (Å²) in [6.07, 6.45) is 0.204. The number of aryl methyl sites for hydroxylation is 1. The van der Waals surface area contributed by atoms with E-state index in [1.807, 2.05) is 67.6 Å². The Kier molecular flexibility index (Phi) is 10.1. The molecular formula is C33H34FN3O4S. The summed E-state index contributed by atoms with van der Waals surface area (Å²) >= 11 is 0. The molecule has 0 saturated heterocycles. The molecule has 4 aromatic rings. The molecule has 0 radical (unpaired) electrons. The molecule has 0 aliphatic rings. The topological polar surface area (TPSA) is 86.8 Å². The van der Waals surface area contributed by atoms with Crippen molar-refractivity contribution in [3.63, 3.8) is 0 Å². The number of rotatable bonds is 12. The molecule has 0 heterocycles. The van der Waals surface area contributed by atoms with Gasteiger partial charge in [0.1, 0.15) is 18.4 Å². The van der Waals surface area contributed by atoms with Crippen LogP contribution in [0.2, 0.25) is 0 Å². The van der Waals surface area contributed by atoms with Crippen LogP contribution in [0.25, 0.3) is 0 Å². The first kappa shape index (κ1) is 30.5. The number of carbonyl (C=O) groups excluding carboxylic acids is 2. The number of amides is 2. The first-order valence-electron chi connectivity index (χ1n) is 13.7. The second-order valence-corrected chi connectivity index (χ2v) is 11.7. The SMILES string of the molecule is CCNC(=O)C(Cc1ccccc1)N(Cc1ccccc1)C(=O)CN(c1ccccc1F)S(=O)(=O)c1ccc(C)cc1. The third-order valence-corrected chi connectivity index (χ3v) is 8.60. The minimum Gasteiger partial charge on any atom is -0.355 e. The normalized spacial score (nSPS) is 11.9. The number of hydrogen-bond acceptors (Lipinski definition) is 4. The highest BCUT2D eigenvalue weighted by atomic mass is 32.2. The molecule has 1 atom stereocenters. The lowest BCUT2D eigenvalue weighted by Crippen LogP contribution is -2.53. The van der Waals surface area contributed by atoms with Gasteiger partial charge in [-0.25, -0.2) is 12.8 Å². The van der Waals surface area contributed by atoms with Crippen LogP contribution in [0.4, 0.5) is 10.1 Å². The van der Waals surface area contributed by atoms with Gasteiger partial charge < -0.3 is 10.2 Å². The predicted molar refractivity (Wildman–Crippen MR) is 162 cm³/mol. The molecule has 4 aromatic carbocycles. The molecular weight excluding hydrogens is 553 g/mol. The van der Waals surface area contributed by atoms with Crippen molar-refractivity contribution in [2.75, 3.05) is 17.4 Å². The van der Waals surface area contributed by atoms with Crippen LogP contribution in [0.3, 0.4) is 0 Å². The number of likely N-dealkylation sites (N-methyl/N-ethyl adjacent to an activating group) is 1. The monoisotopic (exact) mass is 587 g/mol. The summed E-state index contributed by atoms with van der Waals surface area (Å²) in [4.78, 5) is 29.0. The van der Waals surface area contributed by atoms with E-state index in [9.17, 15) is 18.0 Å². The number of sulfonamides is 1. The summed E-state index contributed by atoms with van der Waals surface area (Å²) in [6, 6.07) is 29.0. The Bertz CT molecular complexity index is 1600. The first-order valence-corrected chi connectivity index (χ1v) is 15.1. The van der Waals surface area contributed by atoms with Crippen LogP contribution in [0, 0.1) is 12.7 Å². The Labute approximate surface area is 246 Å². The van der Waals surface area contributed by atoms with E-state index in [4.69, 9.17) is 0 Å². The van der Waals surface area contributed by atoms with Gasteiger partial charge in [-0.3, -0.25) is 13.9 Å². The number of hydrogen-bond donors (Lipinski definition) is 1. The molecule has 218 valence electrons. The number of halogens is 1. The van der Waals surface area contributed by atoms with Gasteiger partial charge in [-0.15, -0.1) is 0 Å². The molecule has 2 amide bonds. The lowest BCUT2D eigenvalue weighted by molar-refractivity contribution is -0.140. The fraction of sp³-hybridized carbons (Fsp3) is 0.212. The number of para-hydroxylation sites is 1. The molecule has 0 spiro atoms. The second kappa shape index (κ2) is 13.9. The number of carbonyl (C=O) groups is 2. The molecule has 0 saturated carbocycles. The molecule has 1 unspecified atom stereocenters. The largest absolute Gasteiger partial charge is 0.355 e. The van der Waals surface area contributed by atoms with E-state index >= 15 is 4.39 Å². The molecule has 0 bridgehead atoms. The maximum atomic E-state index is 15.1. The van der Waals surface area contributed by atoms with Crippen molar-refractivity contribution in [1.29, 1.82) is 0 Å². The molecule has 0 aliphatic carbocycles. The van der Waals surface area contributed by atoms with Crippen molar-refractivity contribution in [3.8, 4) is 0 Å². The van der Waals surface area contributed by atoms with Crippen molar-refractivity contribution < 1.29 is 22.4 Å². The zero-order valence-electron chi connectivity index (χ0n) is 23.6. The standard InChI is InChI=1S/C33H34FN3O4S/c1-3-35-33(39)31(22-26-12-6-4-7-13-26)36(23-27-14-8-5-9-15-27)32(38)24-37(30-17-11-10-16-29(30)34)42(40,41)28-20-18-25(2)19-21-28/h4-21,31H,3,22-24H2,1-2H3,(H,35,39). The molecule has 4 rings (SSSR count). The Morgan fingerprint density at radius 3 is 1.98 bits per heavy atom. The zero-order valence-corrected chi connectivity index (χ0v) is 24.4. The lowest BCUT2D eigenvalue weighted by Gasteiger charge is -2.33. The summed E-state index contributed by atoms with van der Waals surface area (Å²) in [5.41, 5.74) is 2.18. The van der Waals surface area contributed by atoms with Crippen LogP contribution >= 0.6 is 0 Å². The summed E-state index contributed by atoms with van der Waals surface area (Å²) in [7, 11) is -4.36. The van der Waals surface area contributed by atoms with Gasteiger partial charge >= 0.3 is 0 Å². The van der Waals surface area contributed by atoms with Crippen molar-refractivity contribution in [1.82, 2.24) is 10.2 Å². The highest BCUT2D eigenvalue weighted by Crippen LogP contribution is 2.27. The number of nitrogens with zero attached hydrogens (tertiary/aromatic N) is 2. The van der Waals surface area contributed by atoms with Crippen LogP contribution in [0.1, 0.15) is 23.6 Å². The van der Waals surface area contributed by atoms with Crippen molar-refractivity contribution >= 4 is 27.5 Å². The van der Waals surface area contributed by atoms with E-state index in [0.717, 1.165) is 27.1 Å². The van der Waals surface area contributed by atoms with Gasteiger partial charge in [0.2, 0.25) is 11.8 Å². The van der Waals surface area contributed by atoms with E-state index in [-0.39, 0.29) is 29.5 Å². The molecule has 7 nitrogen and oxygen atoms in total. The van der Waals surface area contributed by atoms with Crippen molar-refractivity contribution in [2.24, 2.45) is 0 Å². The molecule has 0 fully saturated rings. The van der Waals surface area contributed by atoms with Crippen LogP contribution in [0.5, 0.6) is 0 Å². The summed E-state index contributed by atoms with van der Waals surface area (Å²) in [5, 5.41) is 2.82. The van der Waals surface area contributed by atoms with Gasteiger partial charge in [-0.1, -0.05) is 90.5 Å². The van der Waals surface area contributed by atoms with Crippen LogP contribution < -0.4 is 9.62 Å². The smallest absolute Gasteiger partial charge is 0.264 e. The van der Waals surface area contributed by atoms with Crippen LogP contribution in [0.15, 0.2) is 114 Å². The highest BCUT2D eigenvalue weighted by molar-refractivity contribution is 7.92. The highest BCUT2D eigenvalue weighted by Gasteiger charge is 2.35. The summed E-state index contributed by atoms with van der Waals surface area (Å²) in [6.45, 7) is 3.29. The Hall–Kier alpha value is -4.50. The average Bonchev–Trinajstić information content (AvgIpc) is 2.99. The lowest BCUT2D eigenvalue weighted by atomic mass is 10.0. The predicted octanol–water partition coefficient (Wildman–Crippen LogP) is 5.11. The third-order valence-electron chi connectivity index (χ3n) is 6.83. The second-order valence-electron chi connectivity index (χ2n) is 9.88. The maximum absolute atomic E-state index is 15.1. The number of benzene rings is 4. The van der Waals surface area contributed by atoms with E-state index in [1.165, 1.54) is 35.2 Å². The third kappa shape index (κ3) is 7.41. The van der Waals surface area contributed by atoms with Gasteiger partial charge in [-0.2, -0.15) is 0 Å². The Balaban J connectivity index is 1.79. The van der Waals surface area contributed by atoms with Crippen LogP contribution in [-0.2, 0) is 32.6 Å². The van der Waals surface area contributed by atoms with E-state index < -0.39 is 34.3 Å². The molecule has 0 aliphatic heterocycles. The minimum absolute atomic E-state index is 0.0456. The quantitative estimate of drug-likeness (QED) is 0.250. The summed E-state index contributed by atoms with van der Waals surface area (Å²) < 4.78 is 43.7. The van der Waals surface area contributed by atoms with Crippen LogP contribution in [-0.4, -0.2) is 44.3 Å². The Morgan fingerprint density at radius 1 is 0.810 bits per heavy atom. The van der Waals surface area contributed by atoms with Gasteiger partial charge in [0, 0.05) is 19.5 Å². The van der Waals surface area contributed by atoms with E-state index in [2.05, 4.69) is 5.32 Å². The maximum Gasteiger partial charge on any atom is 0.264 e. The van der Waals surface area contributed by atoms with Gasteiger partial charge in [0.05, 0.1) is 10.6 Å². The van der Waals surface area contributed by atoms with Gasteiger partial charge in [0.15, 0.2) is 0 Å². The number of anilines is 1. The van der Waals surface area contributed by atoms with Gasteiger partial charge in [0.25, 0.3) is 10.0 Å². The number of nitrogens with one attached hydrogen (secondary N) is 1. The fourth-order valence-electron chi connectivity index (χ4n) is 4.63. The fourth-order valence-corrected chi connectivity index (χ4v) is 6.05. The molecule has 0 aromatic heterocycles. The average molecular weight is 588 g/mol.